The Balaban J connectivity index is 1.77. The van der Waals surface area contributed by atoms with Gasteiger partial charge in [-0.25, -0.2) is 4.98 Å². The SMILES string of the molecule is CCNC(=NCCCOC1CCOCC1)N(C)Cc1csc(C(C)OC)n1. The molecular formula is C19H34N4O3S. The molecule has 8 heteroatoms. The molecular weight excluding hydrogens is 364 g/mol. The predicted octanol–water partition coefficient (Wildman–Crippen LogP) is 2.83. The summed E-state index contributed by atoms with van der Waals surface area (Å²) in [7, 11) is 3.75. The van der Waals surface area contributed by atoms with Gasteiger partial charge in [-0.05, 0) is 33.1 Å². The lowest BCUT2D eigenvalue weighted by Crippen LogP contribution is -2.38. The first-order chi connectivity index (χ1) is 13.1. The van der Waals surface area contributed by atoms with Crippen molar-refractivity contribution in [3.8, 4) is 0 Å². The third-order valence-electron chi connectivity index (χ3n) is 4.45. The molecule has 1 unspecified atom stereocenters. The van der Waals surface area contributed by atoms with Gasteiger partial charge < -0.3 is 24.4 Å². The van der Waals surface area contributed by atoms with E-state index in [4.69, 9.17) is 19.2 Å². The molecule has 1 atom stereocenters. The molecule has 154 valence electrons. The van der Waals surface area contributed by atoms with Gasteiger partial charge in [0.25, 0.3) is 0 Å². The molecule has 1 aromatic rings. The van der Waals surface area contributed by atoms with E-state index >= 15 is 0 Å². The van der Waals surface area contributed by atoms with E-state index in [-0.39, 0.29) is 6.10 Å². The average Bonchev–Trinajstić information content (AvgIpc) is 3.15. The van der Waals surface area contributed by atoms with Gasteiger partial charge in [0.2, 0.25) is 0 Å². The summed E-state index contributed by atoms with van der Waals surface area (Å²) >= 11 is 1.64. The summed E-state index contributed by atoms with van der Waals surface area (Å²) in [5.41, 5.74) is 1.04. The highest BCUT2D eigenvalue weighted by molar-refractivity contribution is 7.09. The lowest BCUT2D eigenvalue weighted by molar-refractivity contribution is -0.0318. The molecule has 2 heterocycles. The second-order valence-electron chi connectivity index (χ2n) is 6.68. The predicted molar refractivity (Wildman–Crippen MR) is 109 cm³/mol. The van der Waals surface area contributed by atoms with Crippen LogP contribution in [0.4, 0.5) is 0 Å². The lowest BCUT2D eigenvalue weighted by Gasteiger charge is -2.22. The first-order valence-electron chi connectivity index (χ1n) is 9.80. The fourth-order valence-electron chi connectivity index (χ4n) is 2.81. The van der Waals surface area contributed by atoms with Gasteiger partial charge in [-0.1, -0.05) is 0 Å². The highest BCUT2D eigenvalue weighted by atomic mass is 32.1. The van der Waals surface area contributed by atoms with Crippen LogP contribution in [0.5, 0.6) is 0 Å². The summed E-state index contributed by atoms with van der Waals surface area (Å²) in [5, 5.41) is 6.45. The van der Waals surface area contributed by atoms with Gasteiger partial charge in [0.05, 0.1) is 18.3 Å². The number of nitrogens with zero attached hydrogens (tertiary/aromatic N) is 3. The van der Waals surface area contributed by atoms with Crippen molar-refractivity contribution < 1.29 is 14.2 Å². The minimum atomic E-state index is 0.0340. The van der Waals surface area contributed by atoms with Crippen LogP contribution in [0.25, 0.3) is 0 Å². The molecule has 1 N–H and O–H groups in total. The number of ether oxygens (including phenoxy) is 3. The third-order valence-corrected chi connectivity index (χ3v) is 5.51. The zero-order valence-corrected chi connectivity index (χ0v) is 17.9. The fourth-order valence-corrected chi connectivity index (χ4v) is 3.65. The van der Waals surface area contributed by atoms with Gasteiger partial charge in [0.15, 0.2) is 5.96 Å². The van der Waals surface area contributed by atoms with Gasteiger partial charge in [-0.3, -0.25) is 4.99 Å². The molecule has 0 aliphatic carbocycles. The van der Waals surface area contributed by atoms with Crippen molar-refractivity contribution in [3.63, 3.8) is 0 Å². The molecule has 0 bridgehead atoms. The van der Waals surface area contributed by atoms with Crippen LogP contribution in [0.3, 0.4) is 0 Å². The molecule has 0 radical (unpaired) electrons. The summed E-state index contributed by atoms with van der Waals surface area (Å²) < 4.78 is 16.6. The summed E-state index contributed by atoms with van der Waals surface area (Å²) in [5.74, 6) is 0.901. The Kier molecular flexibility index (Phi) is 10.0. The van der Waals surface area contributed by atoms with E-state index in [1.807, 2.05) is 14.0 Å². The average molecular weight is 399 g/mol. The van der Waals surface area contributed by atoms with Crippen LogP contribution in [0.2, 0.25) is 0 Å². The number of aliphatic imine (C=N–C) groups is 1. The lowest BCUT2D eigenvalue weighted by atomic mass is 10.1. The van der Waals surface area contributed by atoms with Crippen molar-refractivity contribution in [2.75, 3.05) is 47.1 Å². The van der Waals surface area contributed by atoms with E-state index in [2.05, 4.69) is 27.5 Å². The molecule has 1 aliphatic heterocycles. The van der Waals surface area contributed by atoms with E-state index in [0.29, 0.717) is 6.10 Å². The normalized spacial score (nSPS) is 17.1. The van der Waals surface area contributed by atoms with Crippen molar-refractivity contribution in [1.82, 2.24) is 15.2 Å². The molecule has 1 saturated heterocycles. The number of hydrogen-bond donors (Lipinski definition) is 1. The van der Waals surface area contributed by atoms with Crippen molar-refractivity contribution in [3.05, 3.63) is 16.1 Å². The van der Waals surface area contributed by atoms with E-state index in [1.54, 1.807) is 18.4 Å². The quantitative estimate of drug-likeness (QED) is 0.371. The van der Waals surface area contributed by atoms with E-state index in [0.717, 1.165) is 75.4 Å². The van der Waals surface area contributed by atoms with Crippen LogP contribution in [0, 0.1) is 0 Å². The van der Waals surface area contributed by atoms with Gasteiger partial charge in [-0.2, -0.15) is 0 Å². The van der Waals surface area contributed by atoms with Gasteiger partial charge in [0.1, 0.15) is 11.1 Å². The highest BCUT2D eigenvalue weighted by Gasteiger charge is 2.14. The second-order valence-corrected chi connectivity index (χ2v) is 7.57. The van der Waals surface area contributed by atoms with Crippen LogP contribution < -0.4 is 5.32 Å². The third kappa shape index (κ3) is 7.73. The summed E-state index contributed by atoms with van der Waals surface area (Å²) in [6.45, 7) is 8.79. The Morgan fingerprint density at radius 2 is 2.26 bits per heavy atom. The summed E-state index contributed by atoms with van der Waals surface area (Å²) in [4.78, 5) is 11.5. The van der Waals surface area contributed by atoms with E-state index in [1.165, 1.54) is 0 Å². The molecule has 1 fully saturated rings. The van der Waals surface area contributed by atoms with Crippen molar-refractivity contribution in [2.45, 2.75) is 51.9 Å². The molecule has 0 amide bonds. The molecule has 7 nitrogen and oxygen atoms in total. The van der Waals surface area contributed by atoms with E-state index < -0.39 is 0 Å². The molecule has 0 saturated carbocycles. The number of hydrogen-bond acceptors (Lipinski definition) is 6. The summed E-state index contributed by atoms with van der Waals surface area (Å²) in [6.07, 6.45) is 3.32. The molecule has 0 aromatic carbocycles. The Labute approximate surface area is 167 Å². The second kappa shape index (κ2) is 12.3. The van der Waals surface area contributed by atoms with Crippen LogP contribution >= 0.6 is 11.3 Å². The summed E-state index contributed by atoms with van der Waals surface area (Å²) in [6, 6.07) is 0. The zero-order valence-electron chi connectivity index (χ0n) is 17.1. The zero-order chi connectivity index (χ0) is 19.5. The fraction of sp³-hybridized carbons (Fsp3) is 0.789. The number of aromatic nitrogens is 1. The monoisotopic (exact) mass is 398 g/mol. The maximum Gasteiger partial charge on any atom is 0.194 e. The Morgan fingerprint density at radius 1 is 1.48 bits per heavy atom. The minimum absolute atomic E-state index is 0.0340. The number of thiazole rings is 1. The number of methoxy groups -OCH3 is 1. The molecule has 0 spiro atoms. The Morgan fingerprint density at radius 3 is 2.96 bits per heavy atom. The van der Waals surface area contributed by atoms with Gasteiger partial charge in [0, 0.05) is 52.4 Å². The van der Waals surface area contributed by atoms with Gasteiger partial charge in [-0.15, -0.1) is 11.3 Å². The Bertz CT molecular complexity index is 561. The first kappa shape index (κ1) is 22.1. The maximum atomic E-state index is 5.91. The molecule has 1 aromatic heterocycles. The van der Waals surface area contributed by atoms with Crippen LogP contribution in [-0.4, -0.2) is 69.0 Å². The number of rotatable bonds is 10. The van der Waals surface area contributed by atoms with Crippen LogP contribution in [0.15, 0.2) is 10.4 Å². The topological polar surface area (TPSA) is 68.2 Å². The minimum Gasteiger partial charge on any atom is -0.381 e. The molecule has 27 heavy (non-hydrogen) atoms. The van der Waals surface area contributed by atoms with Crippen molar-refractivity contribution in [2.24, 2.45) is 4.99 Å². The standard InChI is InChI=1S/C19H34N4O3S/c1-5-20-19(21-9-6-10-26-17-7-11-25-12-8-17)23(3)13-16-14-27-18(22-16)15(2)24-4/h14-15,17H,5-13H2,1-4H3,(H,20,21). The van der Waals surface area contributed by atoms with E-state index in [9.17, 15) is 0 Å². The number of nitrogens with one attached hydrogen (secondary N) is 1. The van der Waals surface area contributed by atoms with Crippen molar-refractivity contribution in [1.29, 1.82) is 0 Å². The van der Waals surface area contributed by atoms with Gasteiger partial charge >= 0.3 is 0 Å². The van der Waals surface area contributed by atoms with Crippen molar-refractivity contribution >= 4 is 17.3 Å². The molecule has 1 aliphatic rings. The largest absolute Gasteiger partial charge is 0.381 e. The molecule has 2 rings (SSSR count). The Hall–Kier alpha value is -1.22. The van der Waals surface area contributed by atoms with Crippen LogP contribution in [-0.2, 0) is 20.8 Å². The maximum absolute atomic E-state index is 5.91. The first-order valence-corrected chi connectivity index (χ1v) is 10.7. The highest BCUT2D eigenvalue weighted by Crippen LogP contribution is 2.20. The smallest absolute Gasteiger partial charge is 0.194 e. The number of guanidine groups is 1. The van der Waals surface area contributed by atoms with Crippen LogP contribution in [0.1, 0.15) is 49.9 Å².